The van der Waals surface area contributed by atoms with Gasteiger partial charge in [-0.15, -0.1) is 13.2 Å². The van der Waals surface area contributed by atoms with Crippen LogP contribution in [0.1, 0.15) is 36.5 Å². The molecule has 1 fully saturated rings. The lowest BCUT2D eigenvalue weighted by Gasteiger charge is -2.34. The van der Waals surface area contributed by atoms with Crippen molar-refractivity contribution in [1.82, 2.24) is 14.4 Å². The van der Waals surface area contributed by atoms with E-state index in [1.54, 1.807) is 24.3 Å². The molecule has 0 radical (unpaired) electrons. The zero-order valence-corrected chi connectivity index (χ0v) is 23.3. The second-order valence-corrected chi connectivity index (χ2v) is 10.8. The molecule has 0 unspecified atom stereocenters. The number of hydrogen-bond acceptors (Lipinski definition) is 3. The van der Waals surface area contributed by atoms with Crippen LogP contribution in [0.25, 0.3) is 22.0 Å². The summed E-state index contributed by atoms with van der Waals surface area (Å²) < 4.78 is 82.7. The average Bonchev–Trinajstić information content (AvgIpc) is 3.30. The third kappa shape index (κ3) is 7.46. The van der Waals surface area contributed by atoms with E-state index in [4.69, 9.17) is 0 Å². The van der Waals surface area contributed by atoms with Crippen molar-refractivity contribution in [2.75, 3.05) is 26.2 Å². The van der Waals surface area contributed by atoms with Gasteiger partial charge in [-0.1, -0.05) is 43.7 Å². The molecule has 224 valence electrons. The van der Waals surface area contributed by atoms with Crippen molar-refractivity contribution < 1.29 is 31.1 Å². The molecular weight excluding hydrogens is 556 g/mol. The van der Waals surface area contributed by atoms with Gasteiger partial charge in [0, 0.05) is 68.5 Å². The summed E-state index contributed by atoms with van der Waals surface area (Å²) in [5.41, 5.74) is 4.23. The number of aromatic nitrogens is 1. The molecule has 10 heteroatoms. The fourth-order valence-electron chi connectivity index (χ4n) is 5.44. The van der Waals surface area contributed by atoms with Crippen LogP contribution in [-0.2, 0) is 25.8 Å². The molecule has 1 aliphatic heterocycles. The van der Waals surface area contributed by atoms with Crippen LogP contribution < -0.4 is 4.74 Å². The van der Waals surface area contributed by atoms with Gasteiger partial charge in [-0.3, -0.25) is 9.80 Å². The van der Waals surface area contributed by atoms with Crippen LogP contribution in [0, 0.1) is 0 Å². The van der Waals surface area contributed by atoms with Gasteiger partial charge in [0.2, 0.25) is 0 Å². The highest BCUT2D eigenvalue weighted by Crippen LogP contribution is 2.34. The number of hydrogen-bond donors (Lipinski definition) is 0. The summed E-state index contributed by atoms with van der Waals surface area (Å²) in [5.74, 6) is -0.251. The molecule has 42 heavy (non-hydrogen) atoms. The lowest BCUT2D eigenvalue weighted by Crippen LogP contribution is -2.45. The molecule has 4 aromatic rings. The molecule has 0 aliphatic carbocycles. The first-order valence-electron chi connectivity index (χ1n) is 14.1. The molecule has 0 bridgehead atoms. The van der Waals surface area contributed by atoms with Gasteiger partial charge in [-0.25, -0.2) is 0 Å². The van der Waals surface area contributed by atoms with Gasteiger partial charge in [0.15, 0.2) is 0 Å². The number of nitrogens with zero attached hydrogens (tertiary/aromatic N) is 3. The van der Waals surface area contributed by atoms with E-state index in [1.807, 2.05) is 0 Å². The Morgan fingerprint density at radius 1 is 0.738 bits per heavy atom. The van der Waals surface area contributed by atoms with E-state index in [1.165, 1.54) is 12.1 Å². The first kappa shape index (κ1) is 30.0. The van der Waals surface area contributed by atoms with Gasteiger partial charge in [-0.05, 0) is 59.5 Å². The first-order valence-corrected chi connectivity index (χ1v) is 14.1. The summed E-state index contributed by atoms with van der Waals surface area (Å²) in [6.45, 7) is 7.65. The highest BCUT2D eigenvalue weighted by molar-refractivity contribution is 5.96. The minimum Gasteiger partial charge on any atom is -0.406 e. The Kier molecular flexibility index (Phi) is 8.84. The number of fused-ring (bicyclic) bond motifs is 1. The van der Waals surface area contributed by atoms with Crippen LogP contribution in [0.2, 0.25) is 0 Å². The molecule has 3 aromatic carbocycles. The van der Waals surface area contributed by atoms with Crippen LogP contribution >= 0.6 is 0 Å². The molecule has 0 N–H and O–H groups in total. The average molecular weight is 590 g/mol. The van der Waals surface area contributed by atoms with Crippen LogP contribution in [0.5, 0.6) is 5.75 Å². The summed E-state index contributed by atoms with van der Waals surface area (Å²) in [6.07, 6.45) is -4.94. The Labute approximate surface area is 241 Å². The largest absolute Gasteiger partial charge is 0.573 e. The van der Waals surface area contributed by atoms with E-state index in [9.17, 15) is 26.3 Å². The molecule has 2 heterocycles. The molecule has 4 nitrogen and oxygen atoms in total. The minimum atomic E-state index is -4.74. The predicted octanol–water partition coefficient (Wildman–Crippen LogP) is 8.34. The van der Waals surface area contributed by atoms with E-state index >= 15 is 0 Å². The Hall–Kier alpha value is -3.50. The smallest absolute Gasteiger partial charge is 0.406 e. The van der Waals surface area contributed by atoms with Crippen molar-refractivity contribution in [3.8, 4) is 16.9 Å². The van der Waals surface area contributed by atoms with E-state index in [0.717, 1.165) is 97.4 Å². The maximum Gasteiger partial charge on any atom is 0.573 e. The van der Waals surface area contributed by atoms with Crippen molar-refractivity contribution in [2.45, 2.75) is 51.9 Å². The molecular formula is C32H33F6N3O. The molecule has 1 aromatic heterocycles. The second kappa shape index (κ2) is 12.4. The van der Waals surface area contributed by atoms with Gasteiger partial charge < -0.3 is 9.30 Å². The lowest BCUT2D eigenvalue weighted by atomic mass is 10.0. The van der Waals surface area contributed by atoms with Crippen molar-refractivity contribution in [2.24, 2.45) is 0 Å². The number of halogens is 6. The van der Waals surface area contributed by atoms with Crippen LogP contribution in [0.3, 0.4) is 0 Å². The number of benzene rings is 3. The molecule has 5 rings (SSSR count). The third-order valence-electron chi connectivity index (χ3n) is 7.66. The van der Waals surface area contributed by atoms with Crippen molar-refractivity contribution >= 4 is 10.9 Å². The maximum atomic E-state index is 12.9. The maximum absolute atomic E-state index is 12.9. The topological polar surface area (TPSA) is 20.6 Å². The summed E-state index contributed by atoms with van der Waals surface area (Å²) in [4.78, 5) is 4.61. The summed E-state index contributed by atoms with van der Waals surface area (Å²) in [7, 11) is 0. The van der Waals surface area contributed by atoms with Gasteiger partial charge >= 0.3 is 12.5 Å². The van der Waals surface area contributed by atoms with Crippen molar-refractivity contribution in [1.29, 1.82) is 0 Å². The summed E-state index contributed by atoms with van der Waals surface area (Å²) in [5, 5.41) is 1.05. The van der Waals surface area contributed by atoms with Gasteiger partial charge in [0.1, 0.15) is 5.75 Å². The Morgan fingerprint density at radius 2 is 1.33 bits per heavy atom. The standard InChI is InChI=1S/C32H33F6N3O/c1-2-3-14-41-22-29(25-7-11-27(12-8-25)42-32(36,37)38)28-19-24(6-13-30(28)41)21-40-17-15-39(16-18-40)20-23-4-9-26(10-5-23)31(33,34)35/h4-13,19,22H,2-3,14-18,20-21H2,1H3. The molecule has 1 saturated heterocycles. The Bertz CT molecular complexity index is 1470. The normalized spacial score (nSPS) is 15.4. The Morgan fingerprint density at radius 3 is 1.90 bits per heavy atom. The summed E-state index contributed by atoms with van der Waals surface area (Å²) >= 11 is 0. The molecule has 0 spiro atoms. The number of ether oxygens (including phenoxy) is 1. The van der Waals surface area contributed by atoms with Gasteiger partial charge in [0.05, 0.1) is 5.56 Å². The molecule has 1 aliphatic rings. The SMILES string of the molecule is CCCCn1cc(-c2ccc(OC(F)(F)F)cc2)c2cc(CN3CCN(Cc4ccc(C(F)(F)F)cc4)CC3)ccc21. The number of aryl methyl sites for hydroxylation is 1. The van der Waals surface area contributed by atoms with E-state index < -0.39 is 18.1 Å². The predicted molar refractivity (Wildman–Crippen MR) is 151 cm³/mol. The number of unbranched alkanes of at least 4 members (excludes halogenated alkanes) is 1. The number of piperazine rings is 1. The quantitative estimate of drug-likeness (QED) is 0.183. The first-order chi connectivity index (χ1) is 20.0. The number of alkyl halides is 6. The van der Waals surface area contributed by atoms with Crippen molar-refractivity contribution in [3.05, 3.63) is 89.6 Å². The fourth-order valence-corrected chi connectivity index (χ4v) is 5.44. The molecule has 0 amide bonds. The van der Waals surface area contributed by atoms with Crippen molar-refractivity contribution in [3.63, 3.8) is 0 Å². The zero-order chi connectivity index (χ0) is 29.9. The van der Waals surface area contributed by atoms with Crippen LogP contribution in [0.4, 0.5) is 26.3 Å². The van der Waals surface area contributed by atoms with E-state index in [2.05, 4.69) is 50.4 Å². The van der Waals surface area contributed by atoms with E-state index in [0.29, 0.717) is 6.54 Å². The van der Waals surface area contributed by atoms with Gasteiger partial charge in [0.25, 0.3) is 0 Å². The Balaban J connectivity index is 1.27. The minimum absolute atomic E-state index is 0.251. The lowest BCUT2D eigenvalue weighted by molar-refractivity contribution is -0.274. The second-order valence-electron chi connectivity index (χ2n) is 10.8. The highest BCUT2D eigenvalue weighted by Gasteiger charge is 2.31. The monoisotopic (exact) mass is 589 g/mol. The summed E-state index contributed by atoms with van der Waals surface area (Å²) in [6, 6.07) is 17.8. The van der Waals surface area contributed by atoms with Gasteiger partial charge in [-0.2, -0.15) is 13.2 Å². The van der Waals surface area contributed by atoms with Crippen LogP contribution in [0.15, 0.2) is 72.9 Å². The number of rotatable bonds is 9. The molecule has 0 saturated carbocycles. The molecule has 0 atom stereocenters. The fraction of sp³-hybridized carbons (Fsp3) is 0.375. The van der Waals surface area contributed by atoms with E-state index in [-0.39, 0.29) is 5.75 Å². The highest BCUT2D eigenvalue weighted by atomic mass is 19.4. The third-order valence-corrected chi connectivity index (χ3v) is 7.66. The zero-order valence-electron chi connectivity index (χ0n) is 23.3. The van der Waals surface area contributed by atoms with Crippen LogP contribution in [-0.4, -0.2) is 46.9 Å².